The van der Waals surface area contributed by atoms with Crippen LogP contribution >= 0.6 is 0 Å². The van der Waals surface area contributed by atoms with Gasteiger partial charge >= 0.3 is 0 Å². The molecular weight excluding hydrogens is 446 g/mol. The first-order valence-corrected chi connectivity index (χ1v) is 13.7. The van der Waals surface area contributed by atoms with Gasteiger partial charge in [0.1, 0.15) is 11.5 Å². The summed E-state index contributed by atoms with van der Waals surface area (Å²) >= 11 is 0. The number of carbonyl (C=O) groups excluding carboxylic acids is 1. The van der Waals surface area contributed by atoms with Crippen molar-refractivity contribution in [1.82, 2.24) is 4.90 Å². The number of Topliss-reactive ketones (excluding diaryl/α,β-unsaturated/α-hetero) is 1. The van der Waals surface area contributed by atoms with Crippen molar-refractivity contribution in [2.45, 2.75) is 72.3 Å². The van der Waals surface area contributed by atoms with Gasteiger partial charge in [0.05, 0.1) is 13.2 Å². The average Bonchev–Trinajstić information content (AvgIpc) is 2.88. The summed E-state index contributed by atoms with van der Waals surface area (Å²) in [5, 5.41) is 0. The Balaban J connectivity index is 1.71. The third kappa shape index (κ3) is 8.67. The van der Waals surface area contributed by atoms with Crippen LogP contribution in [0, 0.1) is 0 Å². The monoisotopic (exact) mass is 489 g/mol. The molecule has 1 aliphatic rings. The van der Waals surface area contributed by atoms with Crippen LogP contribution in [-0.4, -0.2) is 43.0 Å². The van der Waals surface area contributed by atoms with E-state index in [2.05, 4.69) is 32.6 Å². The van der Waals surface area contributed by atoms with E-state index in [-0.39, 0.29) is 5.78 Å². The van der Waals surface area contributed by atoms with Gasteiger partial charge in [0.2, 0.25) is 0 Å². The maximum Gasteiger partial charge on any atom is 0.187 e. The highest BCUT2D eigenvalue weighted by Crippen LogP contribution is 2.25. The molecular formula is C32H43NO3. The van der Waals surface area contributed by atoms with E-state index in [0.29, 0.717) is 19.1 Å². The molecule has 2 aromatic rings. The number of benzene rings is 2. The Kier molecular flexibility index (Phi) is 11.3. The SMILES string of the molecule is CCCCCOc1ccc(/C=C2/CN(C(C)C)C/C(=C\c3ccc(OCCCCC)cc3)C2=O)cc1. The summed E-state index contributed by atoms with van der Waals surface area (Å²) in [6.07, 6.45) is 10.9. The Labute approximate surface area is 218 Å². The van der Waals surface area contributed by atoms with Gasteiger partial charge in [-0.15, -0.1) is 0 Å². The predicted molar refractivity (Wildman–Crippen MR) is 151 cm³/mol. The fraction of sp³-hybridized carbons (Fsp3) is 0.469. The summed E-state index contributed by atoms with van der Waals surface area (Å²) < 4.78 is 11.7. The second-order valence-electron chi connectivity index (χ2n) is 9.92. The number of rotatable bonds is 13. The van der Waals surface area contributed by atoms with Gasteiger partial charge < -0.3 is 9.47 Å². The third-order valence-electron chi connectivity index (χ3n) is 6.54. The van der Waals surface area contributed by atoms with Crippen LogP contribution < -0.4 is 9.47 Å². The fourth-order valence-corrected chi connectivity index (χ4v) is 4.24. The van der Waals surface area contributed by atoms with E-state index in [1.807, 2.05) is 60.7 Å². The van der Waals surface area contributed by atoms with Gasteiger partial charge in [-0.05, 0) is 74.2 Å². The van der Waals surface area contributed by atoms with Crippen molar-refractivity contribution >= 4 is 17.9 Å². The molecule has 0 amide bonds. The Hall–Kier alpha value is -2.85. The minimum atomic E-state index is 0.131. The van der Waals surface area contributed by atoms with Gasteiger partial charge in [-0.3, -0.25) is 9.69 Å². The van der Waals surface area contributed by atoms with Crippen molar-refractivity contribution in [3.8, 4) is 11.5 Å². The van der Waals surface area contributed by atoms with Crippen LogP contribution in [0.1, 0.15) is 77.3 Å². The zero-order valence-corrected chi connectivity index (χ0v) is 22.6. The molecule has 0 aliphatic carbocycles. The normalized spacial score (nSPS) is 16.8. The summed E-state index contributed by atoms with van der Waals surface area (Å²) in [7, 11) is 0. The number of ether oxygens (including phenoxy) is 2. The van der Waals surface area contributed by atoms with Crippen LogP contribution in [0.25, 0.3) is 12.2 Å². The zero-order valence-electron chi connectivity index (χ0n) is 22.6. The van der Waals surface area contributed by atoms with Crippen molar-refractivity contribution in [2.75, 3.05) is 26.3 Å². The second kappa shape index (κ2) is 14.6. The molecule has 0 saturated carbocycles. The predicted octanol–water partition coefficient (Wildman–Crippen LogP) is 7.58. The van der Waals surface area contributed by atoms with E-state index >= 15 is 0 Å². The lowest BCUT2D eigenvalue weighted by atomic mass is 9.93. The van der Waals surface area contributed by atoms with Gasteiger partial charge in [-0.2, -0.15) is 0 Å². The zero-order chi connectivity index (χ0) is 25.8. The molecule has 4 nitrogen and oxygen atoms in total. The molecule has 0 atom stereocenters. The van der Waals surface area contributed by atoms with Crippen molar-refractivity contribution < 1.29 is 14.3 Å². The molecule has 0 unspecified atom stereocenters. The van der Waals surface area contributed by atoms with Crippen molar-refractivity contribution in [3.05, 3.63) is 70.8 Å². The quantitative estimate of drug-likeness (QED) is 0.215. The molecule has 0 bridgehead atoms. The van der Waals surface area contributed by atoms with Gasteiger partial charge in [-0.1, -0.05) is 63.8 Å². The lowest BCUT2D eigenvalue weighted by Crippen LogP contribution is -2.41. The van der Waals surface area contributed by atoms with Crippen molar-refractivity contribution in [3.63, 3.8) is 0 Å². The lowest BCUT2D eigenvalue weighted by Gasteiger charge is -2.32. The number of unbranched alkanes of at least 4 members (excludes halogenated alkanes) is 4. The van der Waals surface area contributed by atoms with Gasteiger partial charge in [0, 0.05) is 30.3 Å². The van der Waals surface area contributed by atoms with Crippen molar-refractivity contribution in [2.24, 2.45) is 0 Å². The number of hydrogen-bond donors (Lipinski definition) is 0. The van der Waals surface area contributed by atoms with Crippen LogP contribution in [-0.2, 0) is 4.79 Å². The van der Waals surface area contributed by atoms with Gasteiger partial charge in [0.25, 0.3) is 0 Å². The summed E-state index contributed by atoms with van der Waals surface area (Å²) in [5.41, 5.74) is 3.70. The molecule has 0 radical (unpaired) electrons. The van der Waals surface area contributed by atoms with Gasteiger partial charge in [0.15, 0.2) is 5.78 Å². The fourth-order valence-electron chi connectivity index (χ4n) is 4.24. The van der Waals surface area contributed by atoms with E-state index in [1.54, 1.807) is 0 Å². The average molecular weight is 490 g/mol. The minimum absolute atomic E-state index is 0.131. The first kappa shape index (κ1) is 27.7. The number of ketones is 1. The largest absolute Gasteiger partial charge is 0.494 e. The van der Waals surface area contributed by atoms with E-state index in [4.69, 9.17) is 9.47 Å². The number of hydrogen-bond acceptors (Lipinski definition) is 4. The highest BCUT2D eigenvalue weighted by atomic mass is 16.5. The molecule has 1 fully saturated rings. The topological polar surface area (TPSA) is 38.8 Å². The first-order chi connectivity index (χ1) is 17.5. The Morgan fingerprint density at radius 1 is 0.722 bits per heavy atom. The molecule has 3 rings (SSSR count). The number of piperidine rings is 1. The third-order valence-corrected chi connectivity index (χ3v) is 6.54. The summed E-state index contributed by atoms with van der Waals surface area (Å²) in [5.74, 6) is 1.89. The molecule has 1 heterocycles. The van der Waals surface area contributed by atoms with Crippen LogP contribution in [0.5, 0.6) is 11.5 Å². The Morgan fingerprint density at radius 2 is 1.14 bits per heavy atom. The molecule has 0 N–H and O–H groups in total. The number of carbonyl (C=O) groups is 1. The maximum absolute atomic E-state index is 13.4. The molecule has 1 saturated heterocycles. The lowest BCUT2D eigenvalue weighted by molar-refractivity contribution is -0.113. The van der Waals surface area contributed by atoms with Crippen LogP contribution in [0.2, 0.25) is 0 Å². The molecule has 194 valence electrons. The molecule has 2 aromatic carbocycles. The van der Waals surface area contributed by atoms with Crippen LogP contribution in [0.3, 0.4) is 0 Å². The molecule has 36 heavy (non-hydrogen) atoms. The highest BCUT2D eigenvalue weighted by molar-refractivity contribution is 6.14. The van der Waals surface area contributed by atoms with E-state index in [9.17, 15) is 4.79 Å². The molecule has 0 spiro atoms. The Morgan fingerprint density at radius 3 is 1.50 bits per heavy atom. The van der Waals surface area contributed by atoms with Crippen LogP contribution in [0.4, 0.5) is 0 Å². The Bertz CT molecular complexity index is 925. The van der Waals surface area contributed by atoms with E-state index < -0.39 is 0 Å². The standard InChI is InChI=1S/C32H43NO3/c1-5-7-9-19-35-30-15-11-26(12-16-30)21-28-23-33(25(3)4)24-29(32(28)34)22-27-13-17-31(18-14-27)36-20-10-8-6-2/h11-18,21-22,25H,5-10,19-20,23-24H2,1-4H3/b28-21-,29-22+. The van der Waals surface area contributed by atoms with Crippen LogP contribution in [0.15, 0.2) is 59.7 Å². The number of likely N-dealkylation sites (tertiary alicyclic amines) is 1. The summed E-state index contributed by atoms with van der Waals surface area (Å²) in [6, 6.07) is 16.5. The van der Waals surface area contributed by atoms with E-state index in [1.165, 1.54) is 25.7 Å². The molecule has 0 aromatic heterocycles. The van der Waals surface area contributed by atoms with E-state index in [0.717, 1.165) is 59.8 Å². The minimum Gasteiger partial charge on any atom is -0.494 e. The number of nitrogens with zero attached hydrogens (tertiary/aromatic N) is 1. The summed E-state index contributed by atoms with van der Waals surface area (Å²) in [6.45, 7) is 11.6. The highest BCUT2D eigenvalue weighted by Gasteiger charge is 2.27. The van der Waals surface area contributed by atoms with Crippen molar-refractivity contribution in [1.29, 1.82) is 0 Å². The molecule has 4 heteroatoms. The second-order valence-corrected chi connectivity index (χ2v) is 9.92. The smallest absolute Gasteiger partial charge is 0.187 e. The van der Waals surface area contributed by atoms with Gasteiger partial charge in [-0.25, -0.2) is 0 Å². The summed E-state index contributed by atoms with van der Waals surface area (Å²) in [4.78, 5) is 15.8. The molecule has 1 aliphatic heterocycles. The maximum atomic E-state index is 13.4. The first-order valence-electron chi connectivity index (χ1n) is 13.7.